The van der Waals surface area contributed by atoms with Crippen LogP contribution in [-0.2, 0) is 18.6 Å². The summed E-state index contributed by atoms with van der Waals surface area (Å²) in [5, 5.41) is 12.9. The van der Waals surface area contributed by atoms with E-state index in [-0.39, 0.29) is 18.1 Å². The monoisotopic (exact) mass is 374 g/mol. The van der Waals surface area contributed by atoms with Crippen LogP contribution < -0.4 is 10.9 Å². The Kier molecular flexibility index (Phi) is 5.01. The fraction of sp³-hybridized carbons (Fsp3) is 0.421. The highest BCUT2D eigenvalue weighted by atomic mass is 19.1. The molecule has 0 saturated heterocycles. The molecule has 3 rings (SSSR count). The van der Waals surface area contributed by atoms with Gasteiger partial charge in [-0.05, 0) is 45.0 Å². The third-order valence-corrected chi connectivity index (χ3v) is 5.10. The smallest absolute Gasteiger partial charge is 0.296 e. The second-order valence-electron chi connectivity index (χ2n) is 7.23. The SMILES string of the molecule is CN1CCCn2c(nc(C(=O)NCc3ccc(F)cc3)c(O)c2=O)C1(C)C. The molecule has 1 aliphatic rings. The van der Waals surface area contributed by atoms with Crippen molar-refractivity contribution in [2.45, 2.75) is 38.9 Å². The molecule has 1 amide bonds. The molecule has 0 radical (unpaired) electrons. The van der Waals surface area contributed by atoms with Crippen LogP contribution in [0.5, 0.6) is 5.75 Å². The zero-order valence-electron chi connectivity index (χ0n) is 15.6. The summed E-state index contributed by atoms with van der Waals surface area (Å²) >= 11 is 0. The van der Waals surface area contributed by atoms with Gasteiger partial charge in [0.15, 0.2) is 5.69 Å². The van der Waals surface area contributed by atoms with Crippen molar-refractivity contribution in [3.63, 3.8) is 0 Å². The minimum Gasteiger partial charge on any atom is -0.501 e. The molecule has 1 aromatic carbocycles. The van der Waals surface area contributed by atoms with E-state index >= 15 is 0 Å². The minimum atomic E-state index is -0.657. The highest BCUT2D eigenvalue weighted by Gasteiger charge is 2.35. The van der Waals surface area contributed by atoms with Gasteiger partial charge in [0, 0.05) is 19.6 Å². The average molecular weight is 374 g/mol. The van der Waals surface area contributed by atoms with Crippen molar-refractivity contribution in [3.8, 4) is 5.75 Å². The first kappa shape index (κ1) is 19.0. The Balaban J connectivity index is 1.94. The van der Waals surface area contributed by atoms with Gasteiger partial charge in [0.25, 0.3) is 11.5 Å². The van der Waals surface area contributed by atoms with Crippen molar-refractivity contribution < 1.29 is 14.3 Å². The Morgan fingerprint density at radius 1 is 1.30 bits per heavy atom. The first-order chi connectivity index (χ1) is 12.7. The molecule has 8 heteroatoms. The van der Waals surface area contributed by atoms with Gasteiger partial charge in [-0.3, -0.25) is 19.1 Å². The fourth-order valence-electron chi connectivity index (χ4n) is 3.16. The number of nitrogens with zero attached hydrogens (tertiary/aromatic N) is 3. The third-order valence-electron chi connectivity index (χ3n) is 5.10. The Hall–Kier alpha value is -2.74. The molecule has 2 aromatic rings. The summed E-state index contributed by atoms with van der Waals surface area (Å²) in [4.78, 5) is 31.6. The summed E-state index contributed by atoms with van der Waals surface area (Å²) in [5.41, 5.74) is -0.794. The van der Waals surface area contributed by atoms with E-state index in [2.05, 4.69) is 15.2 Å². The topological polar surface area (TPSA) is 87.5 Å². The normalized spacial score (nSPS) is 16.4. The van der Waals surface area contributed by atoms with Crippen molar-refractivity contribution in [1.29, 1.82) is 0 Å². The van der Waals surface area contributed by atoms with Crippen LogP contribution in [0.15, 0.2) is 29.1 Å². The van der Waals surface area contributed by atoms with Crippen LogP contribution >= 0.6 is 0 Å². The van der Waals surface area contributed by atoms with Crippen LogP contribution in [0.2, 0.25) is 0 Å². The van der Waals surface area contributed by atoms with Crippen LogP contribution in [-0.4, -0.2) is 39.1 Å². The zero-order valence-corrected chi connectivity index (χ0v) is 15.6. The van der Waals surface area contributed by atoms with Gasteiger partial charge in [0.1, 0.15) is 11.6 Å². The first-order valence-electron chi connectivity index (χ1n) is 8.80. The van der Waals surface area contributed by atoms with Crippen LogP contribution in [0, 0.1) is 5.82 Å². The Labute approximate surface area is 156 Å². The van der Waals surface area contributed by atoms with E-state index in [0.29, 0.717) is 17.9 Å². The lowest BCUT2D eigenvalue weighted by molar-refractivity contribution is 0.0939. The second kappa shape index (κ2) is 7.11. The number of nitrogens with one attached hydrogen (secondary N) is 1. The van der Waals surface area contributed by atoms with Gasteiger partial charge in [-0.1, -0.05) is 12.1 Å². The largest absolute Gasteiger partial charge is 0.501 e. The lowest BCUT2D eigenvalue weighted by atomic mass is 10.0. The number of aromatic nitrogens is 2. The van der Waals surface area contributed by atoms with Gasteiger partial charge in [0.2, 0.25) is 5.75 Å². The molecule has 2 N–H and O–H groups in total. The quantitative estimate of drug-likeness (QED) is 0.852. The standard InChI is InChI=1S/C19H23FN4O3/c1-19(2)18-22-14(15(25)17(27)24(18)10-4-9-23(19)3)16(26)21-11-12-5-7-13(20)8-6-12/h5-8,25H,4,9-11H2,1-3H3,(H,21,26). The van der Waals surface area contributed by atoms with Gasteiger partial charge in [-0.2, -0.15) is 0 Å². The van der Waals surface area contributed by atoms with E-state index in [1.807, 2.05) is 20.9 Å². The zero-order chi connectivity index (χ0) is 19.8. The van der Waals surface area contributed by atoms with Crippen molar-refractivity contribution in [3.05, 3.63) is 57.5 Å². The van der Waals surface area contributed by atoms with Crippen molar-refractivity contribution in [2.75, 3.05) is 13.6 Å². The summed E-state index contributed by atoms with van der Waals surface area (Å²) in [6, 6.07) is 5.69. The fourth-order valence-corrected chi connectivity index (χ4v) is 3.16. The molecule has 2 heterocycles. The van der Waals surface area contributed by atoms with E-state index in [0.717, 1.165) is 13.0 Å². The molecule has 7 nitrogen and oxygen atoms in total. The van der Waals surface area contributed by atoms with E-state index in [9.17, 15) is 19.1 Å². The maximum Gasteiger partial charge on any atom is 0.296 e. The molecule has 144 valence electrons. The lowest BCUT2D eigenvalue weighted by Gasteiger charge is -2.33. The molecule has 0 saturated carbocycles. The number of halogens is 1. The summed E-state index contributed by atoms with van der Waals surface area (Å²) in [5.74, 6) is -1.23. The summed E-state index contributed by atoms with van der Waals surface area (Å²) in [6.45, 7) is 5.17. The summed E-state index contributed by atoms with van der Waals surface area (Å²) < 4.78 is 14.4. The van der Waals surface area contributed by atoms with E-state index in [1.165, 1.54) is 16.7 Å². The highest BCUT2D eigenvalue weighted by molar-refractivity contribution is 5.94. The maximum absolute atomic E-state index is 13.0. The van der Waals surface area contributed by atoms with Gasteiger partial charge in [-0.15, -0.1) is 0 Å². The van der Waals surface area contributed by atoms with Gasteiger partial charge < -0.3 is 10.4 Å². The first-order valence-corrected chi connectivity index (χ1v) is 8.80. The number of rotatable bonds is 3. The molecule has 0 unspecified atom stereocenters. The highest BCUT2D eigenvalue weighted by Crippen LogP contribution is 2.28. The Morgan fingerprint density at radius 3 is 2.63 bits per heavy atom. The Morgan fingerprint density at radius 2 is 1.96 bits per heavy atom. The third kappa shape index (κ3) is 3.57. The summed E-state index contributed by atoms with van der Waals surface area (Å²) in [7, 11) is 1.93. The van der Waals surface area contributed by atoms with Crippen LogP contribution in [0.4, 0.5) is 4.39 Å². The average Bonchev–Trinajstić information content (AvgIpc) is 2.74. The van der Waals surface area contributed by atoms with Crippen molar-refractivity contribution in [1.82, 2.24) is 19.8 Å². The van der Waals surface area contributed by atoms with Crippen LogP contribution in [0.3, 0.4) is 0 Å². The number of carbonyl (C=O) groups excluding carboxylic acids is 1. The number of hydrogen-bond donors (Lipinski definition) is 2. The molecule has 1 aliphatic heterocycles. The van der Waals surface area contributed by atoms with E-state index in [4.69, 9.17) is 0 Å². The molecule has 27 heavy (non-hydrogen) atoms. The predicted molar refractivity (Wildman–Crippen MR) is 98.0 cm³/mol. The maximum atomic E-state index is 13.0. The van der Waals surface area contributed by atoms with E-state index in [1.54, 1.807) is 12.1 Å². The molecule has 0 fully saturated rings. The van der Waals surface area contributed by atoms with Crippen molar-refractivity contribution in [2.24, 2.45) is 0 Å². The minimum absolute atomic E-state index is 0.127. The van der Waals surface area contributed by atoms with Crippen LogP contribution in [0.1, 0.15) is 42.1 Å². The molecule has 0 spiro atoms. The lowest BCUT2D eigenvalue weighted by Crippen LogP contribution is -2.42. The Bertz CT molecular complexity index is 922. The van der Waals surface area contributed by atoms with Crippen molar-refractivity contribution >= 4 is 5.91 Å². The number of amides is 1. The number of carbonyl (C=O) groups is 1. The van der Waals surface area contributed by atoms with E-state index < -0.39 is 22.8 Å². The predicted octanol–water partition coefficient (Wildman–Crippen LogP) is 1.59. The molecule has 1 aromatic heterocycles. The number of hydrogen-bond acceptors (Lipinski definition) is 5. The molecular weight excluding hydrogens is 351 g/mol. The molecular formula is C19H23FN4O3. The number of benzene rings is 1. The molecule has 0 atom stereocenters. The van der Waals surface area contributed by atoms with Gasteiger partial charge in [0.05, 0.1) is 5.54 Å². The molecule has 0 aliphatic carbocycles. The summed E-state index contributed by atoms with van der Waals surface area (Å²) in [6.07, 6.45) is 0.740. The van der Waals surface area contributed by atoms with Crippen LogP contribution in [0.25, 0.3) is 0 Å². The molecule has 0 bridgehead atoms. The number of aromatic hydroxyl groups is 1. The number of fused-ring (bicyclic) bond motifs is 1. The second-order valence-corrected chi connectivity index (χ2v) is 7.23. The van der Waals surface area contributed by atoms with Gasteiger partial charge >= 0.3 is 0 Å². The van der Waals surface area contributed by atoms with Gasteiger partial charge in [-0.25, -0.2) is 9.37 Å².